The van der Waals surface area contributed by atoms with Crippen LogP contribution in [0.2, 0.25) is 0 Å². The van der Waals surface area contributed by atoms with Gasteiger partial charge in [-0.1, -0.05) is 0 Å². The van der Waals surface area contributed by atoms with Gasteiger partial charge in [-0.2, -0.15) is 0 Å². The van der Waals surface area contributed by atoms with Gasteiger partial charge in [-0.15, -0.1) is 0 Å². The van der Waals surface area contributed by atoms with Crippen molar-refractivity contribution in [3.05, 3.63) is 0 Å². The normalized spacial score (nSPS) is 49.6. The number of likely N-dealkylation sites (N-methyl/N-ethyl adjacent to an activating group) is 1. The van der Waals surface area contributed by atoms with Gasteiger partial charge in [0.05, 0.1) is 36.9 Å². The number of fused-ring (bicyclic) bond motifs is 1. The van der Waals surface area contributed by atoms with Crippen molar-refractivity contribution in [2.24, 2.45) is 22.9 Å². The smallest absolute Gasteiger partial charge is 0.250 e. The van der Waals surface area contributed by atoms with E-state index in [4.69, 9.17) is 46.6 Å². The van der Waals surface area contributed by atoms with Crippen LogP contribution in [-0.4, -0.2) is 172 Å². The third kappa shape index (κ3) is 7.13. The highest BCUT2D eigenvalue weighted by atomic mass is 16.8. The molecule has 250 valence electrons. The molecule has 4 aliphatic rings. The van der Waals surface area contributed by atoms with Crippen molar-refractivity contribution in [3.63, 3.8) is 0 Å². The molecule has 1 amide bonds. The number of nitrogens with one attached hydrogen (secondary N) is 2. The van der Waals surface area contributed by atoms with Crippen LogP contribution >= 0.6 is 0 Å². The molecule has 0 spiro atoms. The Balaban J connectivity index is 1.42. The summed E-state index contributed by atoms with van der Waals surface area (Å²) >= 11 is 0. The van der Waals surface area contributed by atoms with E-state index < -0.39 is 129 Å². The second kappa shape index (κ2) is 14.5. The van der Waals surface area contributed by atoms with E-state index in [0.717, 1.165) is 0 Å². The minimum absolute atomic E-state index is 0.0936. The molecule has 3 aliphatic heterocycles. The highest BCUT2D eigenvalue weighted by Gasteiger charge is 2.54. The largest absolute Gasteiger partial charge is 0.394 e. The molecule has 43 heavy (non-hydrogen) atoms. The van der Waals surface area contributed by atoms with Crippen molar-refractivity contribution in [2.75, 3.05) is 20.2 Å². The summed E-state index contributed by atoms with van der Waals surface area (Å²) in [7, 11) is 1.51. The number of ether oxygens (including phenoxy) is 5. The lowest BCUT2D eigenvalue weighted by molar-refractivity contribution is -0.373. The lowest BCUT2D eigenvalue weighted by Crippen LogP contribution is -2.70. The average molecular weight is 627 g/mol. The van der Waals surface area contributed by atoms with Crippen LogP contribution in [0.15, 0.2) is 0 Å². The molecule has 19 heteroatoms. The van der Waals surface area contributed by atoms with Crippen LogP contribution < -0.4 is 33.6 Å². The van der Waals surface area contributed by atoms with E-state index in [9.17, 15) is 40.5 Å². The maximum absolute atomic E-state index is 12.1. The van der Waals surface area contributed by atoms with Crippen LogP contribution in [0.25, 0.3) is 0 Å². The topological polar surface area (TPSA) is 333 Å². The van der Waals surface area contributed by atoms with Crippen LogP contribution in [0.5, 0.6) is 0 Å². The van der Waals surface area contributed by atoms with Crippen LogP contribution in [0.1, 0.15) is 12.8 Å². The summed E-state index contributed by atoms with van der Waals surface area (Å²) in [5.74, 6) is -0.934. The molecule has 4 fully saturated rings. The monoisotopic (exact) mass is 626 g/mol. The summed E-state index contributed by atoms with van der Waals surface area (Å²) in [5.41, 5.74) is 23.5. The number of carbonyl (C=O) groups is 1. The van der Waals surface area contributed by atoms with Crippen LogP contribution in [0.4, 0.5) is 0 Å². The first-order chi connectivity index (χ1) is 20.3. The van der Waals surface area contributed by atoms with E-state index >= 15 is 0 Å². The lowest BCUT2D eigenvalue weighted by Gasteiger charge is -2.51. The Morgan fingerprint density at radius 3 is 2.16 bits per heavy atom. The van der Waals surface area contributed by atoms with E-state index in [1.807, 2.05) is 0 Å². The first-order valence-electron chi connectivity index (χ1n) is 14.2. The van der Waals surface area contributed by atoms with E-state index in [1.54, 1.807) is 0 Å². The predicted octanol–water partition coefficient (Wildman–Crippen LogP) is -8.47. The molecule has 0 aromatic heterocycles. The Morgan fingerprint density at radius 2 is 1.53 bits per heavy atom. The first kappa shape index (κ1) is 34.7. The Labute approximate surface area is 247 Å². The Kier molecular flexibility index (Phi) is 11.7. The number of rotatable bonds is 9. The van der Waals surface area contributed by atoms with Crippen molar-refractivity contribution in [1.82, 2.24) is 10.6 Å². The number of hydrogen-bond acceptors (Lipinski definition) is 18. The van der Waals surface area contributed by atoms with Gasteiger partial charge in [-0.05, 0) is 19.9 Å². The Hall–Kier alpha value is -1.21. The molecule has 0 radical (unpaired) electrons. The molecule has 17 N–H and O–H groups in total. The van der Waals surface area contributed by atoms with Gasteiger partial charge in [0.25, 0.3) is 5.91 Å². The second-order valence-electron chi connectivity index (χ2n) is 11.5. The van der Waals surface area contributed by atoms with Crippen molar-refractivity contribution >= 4 is 5.91 Å². The van der Waals surface area contributed by atoms with Gasteiger partial charge in [0.2, 0.25) is 0 Å². The Bertz CT molecular complexity index is 925. The number of hydrogen-bond donors (Lipinski definition) is 13. The molecule has 3 heterocycles. The van der Waals surface area contributed by atoms with Crippen molar-refractivity contribution < 1.29 is 64.2 Å². The van der Waals surface area contributed by atoms with Crippen LogP contribution in [0, 0.1) is 0 Å². The molecule has 0 bridgehead atoms. The summed E-state index contributed by atoms with van der Waals surface area (Å²) in [6.45, 7) is -1.09. The van der Waals surface area contributed by atoms with Gasteiger partial charge in [-0.25, -0.2) is 0 Å². The molecular formula is C24H46N6O13. The number of aliphatic hydroxyl groups excluding tert-OH is 7. The fourth-order valence-electron chi connectivity index (χ4n) is 5.97. The molecule has 1 aliphatic carbocycles. The van der Waals surface area contributed by atoms with Gasteiger partial charge in [-0.3, -0.25) is 4.79 Å². The highest BCUT2D eigenvalue weighted by molar-refractivity contribution is 5.81. The Morgan fingerprint density at radius 1 is 0.837 bits per heavy atom. The summed E-state index contributed by atoms with van der Waals surface area (Å²) in [6.07, 6.45) is -16.8. The molecule has 3 saturated heterocycles. The first-order valence-corrected chi connectivity index (χ1v) is 14.2. The average Bonchev–Trinajstić information content (AvgIpc) is 2.97. The van der Waals surface area contributed by atoms with Gasteiger partial charge >= 0.3 is 0 Å². The summed E-state index contributed by atoms with van der Waals surface area (Å²) in [5, 5.41) is 78.0. The molecule has 0 aromatic carbocycles. The minimum Gasteiger partial charge on any atom is -0.394 e. The number of amides is 1. The molecule has 4 rings (SSSR count). The van der Waals surface area contributed by atoms with Gasteiger partial charge < -0.3 is 93.0 Å². The zero-order valence-electron chi connectivity index (χ0n) is 23.6. The van der Waals surface area contributed by atoms with Gasteiger partial charge in [0.15, 0.2) is 18.9 Å². The molecular weight excluding hydrogens is 580 g/mol. The molecule has 10 unspecified atom stereocenters. The fraction of sp³-hybridized carbons (Fsp3) is 0.958. The van der Waals surface area contributed by atoms with Gasteiger partial charge in [0.1, 0.15) is 48.8 Å². The summed E-state index contributed by atoms with van der Waals surface area (Å²) in [4.78, 5) is 12.1. The fourth-order valence-corrected chi connectivity index (χ4v) is 5.97. The lowest BCUT2D eigenvalue weighted by atomic mass is 9.84. The summed E-state index contributed by atoms with van der Waals surface area (Å²) < 4.78 is 29.4. The third-order valence-electron chi connectivity index (χ3n) is 8.52. The standard InChI is InChI=1S/C24H46N6O13/c1-29-13-16(35)20-10(3-8(28)22(42-20)41-19-7(27)2-6(26)14(33)17(19)36)39-23(13)43-24-18(37)15(34)12(11(5-31)40-24)30-21(38)9(32)4-25/h6-20,22-24,29,31-37H,2-5,25-28H2,1H3,(H,30,38)/t6-,7?,8?,9-,10+,11?,12-,13?,14?,15?,16?,17-,18?,19+,20?,22+,23?,24-/m1/s1. The van der Waals surface area contributed by atoms with Gasteiger partial charge in [0, 0.05) is 18.6 Å². The zero-order chi connectivity index (χ0) is 31.7. The molecule has 18 atom stereocenters. The van der Waals surface area contributed by atoms with E-state index in [-0.39, 0.29) is 12.8 Å². The molecule has 0 aromatic rings. The van der Waals surface area contributed by atoms with Crippen molar-refractivity contribution in [3.8, 4) is 0 Å². The predicted molar refractivity (Wildman–Crippen MR) is 142 cm³/mol. The molecule has 19 nitrogen and oxygen atoms in total. The number of aliphatic hydroxyl groups is 7. The maximum Gasteiger partial charge on any atom is 0.250 e. The van der Waals surface area contributed by atoms with Crippen molar-refractivity contribution in [1.29, 1.82) is 0 Å². The zero-order valence-corrected chi connectivity index (χ0v) is 23.6. The minimum atomic E-state index is -1.75. The number of nitrogens with two attached hydrogens (primary N) is 4. The summed E-state index contributed by atoms with van der Waals surface area (Å²) in [6, 6.07) is -4.55. The van der Waals surface area contributed by atoms with Crippen LogP contribution in [-0.2, 0) is 28.5 Å². The van der Waals surface area contributed by atoms with E-state index in [2.05, 4.69) is 10.6 Å². The highest BCUT2D eigenvalue weighted by Crippen LogP contribution is 2.35. The van der Waals surface area contributed by atoms with Crippen molar-refractivity contribution in [2.45, 2.75) is 123 Å². The maximum atomic E-state index is 12.1. The number of carbonyl (C=O) groups excluding carboxylic acids is 1. The third-order valence-corrected chi connectivity index (χ3v) is 8.52. The SMILES string of the molecule is CNC1C(O[C@H]2OC(CO)[C@@H](NC(=O)[C@H](O)CN)C(O)C2O)O[C@H]2CC(N)[C@@H](O[C@H]3C(N)C[C@@H](N)C(O)[C@H]3O)OC2C1O. The molecule has 1 saturated carbocycles. The van der Waals surface area contributed by atoms with Crippen LogP contribution in [0.3, 0.4) is 0 Å². The van der Waals surface area contributed by atoms with E-state index in [0.29, 0.717) is 0 Å². The quantitative estimate of drug-likeness (QED) is 0.113. The van der Waals surface area contributed by atoms with E-state index in [1.165, 1.54) is 7.05 Å². The second-order valence-corrected chi connectivity index (χ2v) is 11.5.